The highest BCUT2D eigenvalue weighted by Crippen LogP contribution is 2.21. The van der Waals surface area contributed by atoms with Crippen LogP contribution in [0.3, 0.4) is 0 Å². The van der Waals surface area contributed by atoms with Gasteiger partial charge in [-0.05, 0) is 55.7 Å². The number of rotatable bonds is 4. The van der Waals surface area contributed by atoms with Gasteiger partial charge < -0.3 is 5.32 Å². The van der Waals surface area contributed by atoms with Gasteiger partial charge >= 0.3 is 0 Å². The molecule has 0 aliphatic carbocycles. The van der Waals surface area contributed by atoms with E-state index >= 15 is 0 Å². The van der Waals surface area contributed by atoms with Gasteiger partial charge in [-0.25, -0.2) is 12.7 Å². The molecule has 0 bridgehead atoms. The molecule has 0 aromatic heterocycles. The number of aryl methyl sites for hydroxylation is 3. The molecule has 128 valence electrons. The third-order valence-corrected chi connectivity index (χ3v) is 5.68. The molecule has 0 heterocycles. The van der Waals surface area contributed by atoms with Crippen molar-refractivity contribution in [3.8, 4) is 0 Å². The molecule has 6 heteroatoms. The lowest BCUT2D eigenvalue weighted by molar-refractivity contribution is 0.102. The third kappa shape index (κ3) is 3.66. The van der Waals surface area contributed by atoms with E-state index in [-0.39, 0.29) is 10.8 Å². The van der Waals surface area contributed by atoms with Gasteiger partial charge in [0.15, 0.2) is 0 Å². The van der Waals surface area contributed by atoms with Gasteiger partial charge in [0.2, 0.25) is 10.0 Å². The number of carbonyl (C=O) groups is 1. The second-order valence-corrected chi connectivity index (χ2v) is 8.19. The molecule has 0 fully saturated rings. The van der Waals surface area contributed by atoms with Crippen molar-refractivity contribution < 1.29 is 13.2 Å². The largest absolute Gasteiger partial charge is 0.322 e. The highest BCUT2D eigenvalue weighted by atomic mass is 32.2. The molecule has 1 amide bonds. The fourth-order valence-electron chi connectivity index (χ4n) is 2.28. The number of benzene rings is 2. The lowest BCUT2D eigenvalue weighted by Crippen LogP contribution is -2.23. The maximum Gasteiger partial charge on any atom is 0.255 e. The number of hydrogen-bond acceptors (Lipinski definition) is 3. The van der Waals surface area contributed by atoms with Crippen LogP contribution < -0.4 is 5.32 Å². The van der Waals surface area contributed by atoms with E-state index in [1.54, 1.807) is 13.0 Å². The van der Waals surface area contributed by atoms with Gasteiger partial charge in [0.1, 0.15) is 0 Å². The molecule has 0 aliphatic heterocycles. The molecule has 0 aliphatic rings. The predicted octanol–water partition coefficient (Wildman–Crippen LogP) is 3.11. The molecule has 2 rings (SSSR count). The van der Waals surface area contributed by atoms with Gasteiger partial charge in [-0.15, -0.1) is 0 Å². The Balaban J connectivity index is 2.41. The fraction of sp³-hybridized carbons (Fsp3) is 0.278. The number of hydrogen-bond donors (Lipinski definition) is 1. The zero-order valence-electron chi connectivity index (χ0n) is 14.5. The average molecular weight is 346 g/mol. The molecular weight excluding hydrogens is 324 g/mol. The van der Waals surface area contributed by atoms with Crippen molar-refractivity contribution in [2.24, 2.45) is 0 Å². The zero-order chi connectivity index (χ0) is 18.1. The molecule has 5 nitrogen and oxygen atoms in total. The summed E-state index contributed by atoms with van der Waals surface area (Å²) >= 11 is 0. The molecule has 2 aromatic rings. The number of nitrogens with zero attached hydrogens (tertiary/aromatic N) is 1. The average Bonchev–Trinajstić information content (AvgIpc) is 2.50. The lowest BCUT2D eigenvalue weighted by atomic mass is 10.1. The van der Waals surface area contributed by atoms with Crippen LogP contribution in [0.2, 0.25) is 0 Å². The van der Waals surface area contributed by atoms with Gasteiger partial charge in [0.25, 0.3) is 5.91 Å². The van der Waals surface area contributed by atoms with Crippen LogP contribution in [0.4, 0.5) is 5.69 Å². The van der Waals surface area contributed by atoms with Gasteiger partial charge in [0.05, 0.1) is 4.90 Å². The Bertz CT molecular complexity index is 887. The summed E-state index contributed by atoms with van der Waals surface area (Å²) in [5.74, 6) is -0.322. The minimum atomic E-state index is -3.58. The van der Waals surface area contributed by atoms with Crippen molar-refractivity contribution in [2.45, 2.75) is 25.7 Å². The van der Waals surface area contributed by atoms with Gasteiger partial charge in [0, 0.05) is 25.3 Å². The van der Waals surface area contributed by atoms with Crippen LogP contribution in [0.15, 0.2) is 41.3 Å². The Morgan fingerprint density at radius 2 is 1.58 bits per heavy atom. The van der Waals surface area contributed by atoms with Crippen LogP contribution in [0, 0.1) is 20.8 Å². The van der Waals surface area contributed by atoms with E-state index in [0.29, 0.717) is 5.56 Å². The van der Waals surface area contributed by atoms with Crippen molar-refractivity contribution in [2.75, 3.05) is 19.4 Å². The van der Waals surface area contributed by atoms with E-state index in [4.69, 9.17) is 0 Å². The third-order valence-electron chi connectivity index (χ3n) is 3.87. The monoisotopic (exact) mass is 346 g/mol. The van der Waals surface area contributed by atoms with Crippen molar-refractivity contribution in [1.82, 2.24) is 4.31 Å². The smallest absolute Gasteiger partial charge is 0.255 e. The van der Waals surface area contributed by atoms with Crippen molar-refractivity contribution in [1.29, 1.82) is 0 Å². The Hall–Kier alpha value is -2.18. The minimum Gasteiger partial charge on any atom is -0.322 e. The van der Waals surface area contributed by atoms with E-state index in [1.165, 1.54) is 26.2 Å². The van der Waals surface area contributed by atoms with Crippen LogP contribution in [0.1, 0.15) is 27.0 Å². The summed E-state index contributed by atoms with van der Waals surface area (Å²) in [6.45, 7) is 5.64. The molecule has 0 saturated heterocycles. The second kappa shape index (κ2) is 6.75. The van der Waals surface area contributed by atoms with Crippen molar-refractivity contribution in [3.05, 3.63) is 58.7 Å². The molecule has 0 unspecified atom stereocenters. The number of nitrogens with one attached hydrogen (secondary N) is 1. The highest BCUT2D eigenvalue weighted by molar-refractivity contribution is 7.89. The molecule has 2 aromatic carbocycles. The summed E-state index contributed by atoms with van der Waals surface area (Å²) in [5.41, 5.74) is 3.77. The summed E-state index contributed by atoms with van der Waals surface area (Å²) in [7, 11) is -0.657. The summed E-state index contributed by atoms with van der Waals surface area (Å²) < 4.78 is 25.7. The van der Waals surface area contributed by atoms with Crippen LogP contribution in [0.5, 0.6) is 0 Å². The van der Waals surface area contributed by atoms with Crippen molar-refractivity contribution >= 4 is 21.6 Å². The zero-order valence-corrected chi connectivity index (χ0v) is 15.4. The van der Waals surface area contributed by atoms with Crippen LogP contribution in [-0.4, -0.2) is 32.7 Å². The van der Waals surface area contributed by atoms with Gasteiger partial charge in [-0.1, -0.05) is 18.2 Å². The molecule has 0 saturated carbocycles. The first-order chi connectivity index (χ1) is 11.1. The SMILES string of the molecule is Cc1ccc(C)c(NC(=O)c2cc(S(=O)(=O)N(C)C)ccc2C)c1. The van der Waals surface area contributed by atoms with E-state index in [9.17, 15) is 13.2 Å². The predicted molar refractivity (Wildman–Crippen MR) is 95.9 cm³/mol. The Morgan fingerprint density at radius 1 is 0.958 bits per heavy atom. The van der Waals surface area contributed by atoms with Gasteiger partial charge in [-0.2, -0.15) is 0 Å². The topological polar surface area (TPSA) is 66.5 Å². The first kappa shape index (κ1) is 18.2. The van der Waals surface area contributed by atoms with E-state index in [1.807, 2.05) is 32.0 Å². The summed E-state index contributed by atoms with van der Waals surface area (Å²) in [6.07, 6.45) is 0. The number of anilines is 1. The summed E-state index contributed by atoms with van der Waals surface area (Å²) in [5, 5.41) is 2.87. The Morgan fingerprint density at radius 3 is 2.21 bits per heavy atom. The maximum absolute atomic E-state index is 12.6. The number of sulfonamides is 1. The van der Waals surface area contributed by atoms with E-state index in [0.717, 1.165) is 26.7 Å². The molecule has 0 radical (unpaired) electrons. The maximum atomic E-state index is 12.6. The van der Waals surface area contributed by atoms with Gasteiger partial charge in [-0.3, -0.25) is 4.79 Å². The molecular formula is C18H22N2O3S. The normalized spacial score (nSPS) is 11.6. The molecule has 1 N–H and O–H groups in total. The first-order valence-corrected chi connectivity index (χ1v) is 8.98. The number of carbonyl (C=O) groups excluding carboxylic acids is 1. The summed E-state index contributed by atoms with van der Waals surface area (Å²) in [6, 6.07) is 10.4. The fourth-order valence-corrected chi connectivity index (χ4v) is 3.21. The van der Waals surface area contributed by atoms with Crippen LogP contribution in [0.25, 0.3) is 0 Å². The van der Waals surface area contributed by atoms with Crippen molar-refractivity contribution in [3.63, 3.8) is 0 Å². The molecule has 0 atom stereocenters. The molecule has 0 spiro atoms. The van der Waals surface area contributed by atoms with Crippen LogP contribution >= 0.6 is 0 Å². The second-order valence-electron chi connectivity index (χ2n) is 6.04. The Labute approximate surface area is 143 Å². The standard InChI is InChI=1S/C18H22N2O3S/c1-12-6-7-14(3)17(10-12)19-18(21)16-11-15(9-8-13(16)2)24(22,23)20(4)5/h6-11H,1-5H3,(H,19,21). The lowest BCUT2D eigenvalue weighted by Gasteiger charge is -2.14. The van der Waals surface area contributed by atoms with E-state index < -0.39 is 10.0 Å². The minimum absolute atomic E-state index is 0.101. The van der Waals surface area contributed by atoms with Crippen LogP contribution in [-0.2, 0) is 10.0 Å². The highest BCUT2D eigenvalue weighted by Gasteiger charge is 2.20. The summed E-state index contributed by atoms with van der Waals surface area (Å²) in [4.78, 5) is 12.7. The number of amides is 1. The Kier molecular flexibility index (Phi) is 5.11. The van der Waals surface area contributed by atoms with E-state index in [2.05, 4.69) is 5.32 Å². The first-order valence-electron chi connectivity index (χ1n) is 7.54. The molecule has 24 heavy (non-hydrogen) atoms. The quantitative estimate of drug-likeness (QED) is 0.925.